The summed E-state index contributed by atoms with van der Waals surface area (Å²) in [7, 11) is 0. The van der Waals surface area contributed by atoms with Crippen molar-refractivity contribution in [2.24, 2.45) is 0 Å². The molecular weight excluding hydrogens is 308 g/mol. The zero-order valence-electron chi connectivity index (χ0n) is 15.1. The van der Waals surface area contributed by atoms with E-state index in [4.69, 9.17) is 9.47 Å². The molecule has 0 saturated heterocycles. The molecule has 0 aliphatic rings. The minimum absolute atomic E-state index is 0.240. The first kappa shape index (κ1) is 19.8. The Morgan fingerprint density at radius 3 is 2.12 bits per heavy atom. The fourth-order valence-electron chi connectivity index (χ4n) is 2.08. The zero-order chi connectivity index (χ0) is 18.1. The summed E-state index contributed by atoms with van der Waals surface area (Å²) in [5.74, 6) is 0. The van der Waals surface area contributed by atoms with Crippen LogP contribution < -0.4 is 5.43 Å². The molecule has 0 heterocycles. The van der Waals surface area contributed by atoms with Crippen LogP contribution in [-0.4, -0.2) is 35.4 Å². The lowest BCUT2D eigenvalue weighted by Gasteiger charge is -2.29. The lowest BCUT2D eigenvalue weighted by molar-refractivity contribution is 0.0328. The highest BCUT2D eigenvalue weighted by molar-refractivity contribution is 5.74. The van der Waals surface area contributed by atoms with Gasteiger partial charge in [0.15, 0.2) is 0 Å². The fraction of sp³-hybridized carbons (Fsp3) is 0.556. The average Bonchev–Trinajstić information content (AvgIpc) is 2.49. The van der Waals surface area contributed by atoms with Crippen molar-refractivity contribution in [2.75, 3.05) is 0 Å². The van der Waals surface area contributed by atoms with Gasteiger partial charge in [-0.25, -0.2) is 20.0 Å². The topological polar surface area (TPSA) is 67.9 Å². The van der Waals surface area contributed by atoms with Gasteiger partial charge in [-0.15, -0.1) is 0 Å². The van der Waals surface area contributed by atoms with E-state index in [-0.39, 0.29) is 18.2 Å². The number of nitrogens with zero attached hydrogens (tertiary/aromatic N) is 1. The van der Waals surface area contributed by atoms with Crippen LogP contribution in [0.1, 0.15) is 46.6 Å². The molecule has 1 aromatic rings. The van der Waals surface area contributed by atoms with Crippen molar-refractivity contribution in [2.45, 2.75) is 65.7 Å². The van der Waals surface area contributed by atoms with Crippen molar-refractivity contribution >= 4 is 12.2 Å². The van der Waals surface area contributed by atoms with Crippen molar-refractivity contribution in [3.63, 3.8) is 0 Å². The first-order valence-corrected chi connectivity index (χ1v) is 8.30. The molecule has 0 aromatic heterocycles. The number of hydrogen-bond donors (Lipinski definition) is 1. The number of carbonyl (C=O) groups is 2. The average molecular weight is 336 g/mol. The van der Waals surface area contributed by atoms with E-state index in [9.17, 15) is 9.59 Å². The maximum Gasteiger partial charge on any atom is 0.429 e. The quantitative estimate of drug-likeness (QED) is 0.800. The molecular formula is C18H28N2O4. The van der Waals surface area contributed by atoms with Crippen LogP contribution in [-0.2, 0) is 15.9 Å². The summed E-state index contributed by atoms with van der Waals surface area (Å²) in [5, 5.41) is 1.20. The van der Waals surface area contributed by atoms with E-state index in [0.29, 0.717) is 6.42 Å². The molecule has 1 atom stereocenters. The first-order valence-electron chi connectivity index (χ1n) is 8.30. The van der Waals surface area contributed by atoms with E-state index >= 15 is 0 Å². The molecule has 1 aromatic carbocycles. The Hall–Kier alpha value is -2.24. The van der Waals surface area contributed by atoms with Crippen LogP contribution in [0.5, 0.6) is 0 Å². The van der Waals surface area contributed by atoms with E-state index in [1.165, 1.54) is 10.6 Å². The molecule has 0 unspecified atom stereocenters. The molecule has 0 aliphatic heterocycles. The molecule has 0 radical (unpaired) electrons. The Balaban J connectivity index is 2.70. The number of benzene rings is 1. The summed E-state index contributed by atoms with van der Waals surface area (Å²) in [4.78, 5) is 24.1. The predicted octanol–water partition coefficient (Wildman–Crippen LogP) is 3.90. The van der Waals surface area contributed by atoms with Crippen molar-refractivity contribution < 1.29 is 19.1 Å². The monoisotopic (exact) mass is 336 g/mol. The Morgan fingerprint density at radius 1 is 1.00 bits per heavy atom. The van der Waals surface area contributed by atoms with Crippen LogP contribution in [0.2, 0.25) is 0 Å². The number of hydrazine groups is 1. The van der Waals surface area contributed by atoms with Gasteiger partial charge in [0.1, 0.15) is 0 Å². The Kier molecular flexibility index (Phi) is 8.09. The molecule has 1 rings (SSSR count). The summed E-state index contributed by atoms with van der Waals surface area (Å²) in [6.45, 7) is 8.87. The molecule has 1 N–H and O–H groups in total. The third-order valence-corrected chi connectivity index (χ3v) is 3.22. The van der Waals surface area contributed by atoms with E-state index in [2.05, 4.69) is 5.43 Å². The molecule has 0 bridgehead atoms. The summed E-state index contributed by atoms with van der Waals surface area (Å²) >= 11 is 0. The largest absolute Gasteiger partial charge is 0.446 e. The van der Waals surface area contributed by atoms with Gasteiger partial charge in [-0.1, -0.05) is 30.3 Å². The maximum absolute atomic E-state index is 12.3. The number of amides is 2. The lowest BCUT2D eigenvalue weighted by atomic mass is 10.1. The van der Waals surface area contributed by atoms with Gasteiger partial charge < -0.3 is 9.47 Å². The van der Waals surface area contributed by atoms with Gasteiger partial charge in [0.25, 0.3) is 0 Å². The molecule has 24 heavy (non-hydrogen) atoms. The standard InChI is InChI=1S/C18H28N2O4/c1-13(2)23-17(21)19-20(18(22)24-14(3)4)15(5)11-12-16-9-7-6-8-10-16/h6-10,13-15H,11-12H2,1-5H3,(H,19,21)/t15-/m1/s1. The summed E-state index contributed by atoms with van der Waals surface area (Å²) < 4.78 is 10.3. The summed E-state index contributed by atoms with van der Waals surface area (Å²) in [6.07, 6.45) is -0.339. The first-order chi connectivity index (χ1) is 11.3. The Labute approximate surface area is 144 Å². The van der Waals surface area contributed by atoms with E-state index in [0.717, 1.165) is 6.42 Å². The van der Waals surface area contributed by atoms with Crippen LogP contribution in [0.4, 0.5) is 9.59 Å². The third kappa shape index (κ3) is 7.35. The van der Waals surface area contributed by atoms with Crippen molar-refractivity contribution in [1.82, 2.24) is 10.4 Å². The van der Waals surface area contributed by atoms with Gasteiger partial charge in [0.2, 0.25) is 0 Å². The zero-order valence-corrected chi connectivity index (χ0v) is 15.1. The number of carbonyl (C=O) groups excluding carboxylic acids is 2. The molecule has 0 spiro atoms. The number of aryl methyl sites for hydroxylation is 1. The number of nitrogens with one attached hydrogen (secondary N) is 1. The number of rotatable bonds is 6. The van der Waals surface area contributed by atoms with Gasteiger partial charge in [0.05, 0.1) is 18.2 Å². The summed E-state index contributed by atoms with van der Waals surface area (Å²) in [5.41, 5.74) is 3.66. The molecule has 0 fully saturated rings. The smallest absolute Gasteiger partial charge is 0.429 e. The van der Waals surface area contributed by atoms with Crippen molar-refractivity contribution in [1.29, 1.82) is 0 Å². The van der Waals surface area contributed by atoms with E-state index in [1.54, 1.807) is 27.7 Å². The minimum atomic E-state index is -0.669. The van der Waals surface area contributed by atoms with Crippen LogP contribution in [0.15, 0.2) is 30.3 Å². The molecule has 134 valence electrons. The van der Waals surface area contributed by atoms with Gasteiger partial charge in [0, 0.05) is 0 Å². The highest BCUT2D eigenvalue weighted by atomic mass is 16.6. The number of ether oxygens (including phenoxy) is 2. The van der Waals surface area contributed by atoms with Gasteiger partial charge in [-0.3, -0.25) is 0 Å². The van der Waals surface area contributed by atoms with Crippen LogP contribution >= 0.6 is 0 Å². The fourth-order valence-corrected chi connectivity index (χ4v) is 2.08. The molecule has 0 saturated carbocycles. The van der Waals surface area contributed by atoms with Crippen molar-refractivity contribution in [3.8, 4) is 0 Å². The highest BCUT2D eigenvalue weighted by Gasteiger charge is 2.25. The summed E-state index contributed by atoms with van der Waals surface area (Å²) in [6, 6.07) is 9.74. The molecule has 2 amide bonds. The second-order valence-electron chi connectivity index (χ2n) is 6.24. The SMILES string of the molecule is CC(C)OC(=O)NN(C(=O)OC(C)C)[C@H](C)CCc1ccccc1. The lowest BCUT2D eigenvalue weighted by Crippen LogP contribution is -2.52. The number of hydrogen-bond acceptors (Lipinski definition) is 4. The minimum Gasteiger partial charge on any atom is -0.446 e. The normalized spacial score (nSPS) is 12.0. The predicted molar refractivity (Wildman–Crippen MR) is 92.4 cm³/mol. The Morgan fingerprint density at radius 2 is 1.58 bits per heavy atom. The van der Waals surface area contributed by atoms with Gasteiger partial charge in [-0.2, -0.15) is 0 Å². The maximum atomic E-state index is 12.3. The van der Waals surface area contributed by atoms with E-state index in [1.807, 2.05) is 37.3 Å². The highest BCUT2D eigenvalue weighted by Crippen LogP contribution is 2.11. The van der Waals surface area contributed by atoms with Crippen LogP contribution in [0, 0.1) is 0 Å². The van der Waals surface area contributed by atoms with Crippen LogP contribution in [0.25, 0.3) is 0 Å². The molecule has 0 aliphatic carbocycles. The van der Waals surface area contributed by atoms with E-state index < -0.39 is 12.2 Å². The van der Waals surface area contributed by atoms with Crippen molar-refractivity contribution in [3.05, 3.63) is 35.9 Å². The van der Waals surface area contributed by atoms with Gasteiger partial charge >= 0.3 is 12.2 Å². The third-order valence-electron chi connectivity index (χ3n) is 3.22. The molecule has 6 heteroatoms. The second kappa shape index (κ2) is 9.80. The Bertz CT molecular complexity index is 517. The molecule has 6 nitrogen and oxygen atoms in total. The van der Waals surface area contributed by atoms with Crippen LogP contribution in [0.3, 0.4) is 0 Å². The second-order valence-corrected chi connectivity index (χ2v) is 6.24. The van der Waals surface area contributed by atoms with Gasteiger partial charge in [-0.05, 0) is 53.0 Å².